The van der Waals surface area contributed by atoms with Crippen molar-refractivity contribution in [2.45, 2.75) is 44.3 Å². The van der Waals surface area contributed by atoms with Crippen LogP contribution in [0.3, 0.4) is 0 Å². The molecule has 5 N–H and O–H groups in total. The van der Waals surface area contributed by atoms with Crippen molar-refractivity contribution >= 4 is 17.1 Å². The van der Waals surface area contributed by atoms with Gasteiger partial charge in [0.15, 0.2) is 17.4 Å². The second-order valence-electron chi connectivity index (χ2n) is 5.64. The Kier molecular flexibility index (Phi) is 4.81. The van der Waals surface area contributed by atoms with Crippen molar-refractivity contribution in [3.8, 4) is 5.88 Å². The highest BCUT2D eigenvalue weighted by molar-refractivity contribution is 5.77. The van der Waals surface area contributed by atoms with Crippen molar-refractivity contribution in [2.24, 2.45) is 0 Å². The first kappa shape index (κ1) is 16.8. The second kappa shape index (κ2) is 6.85. The lowest BCUT2D eigenvalue weighted by Crippen LogP contribution is -2.33. The zero-order valence-electron chi connectivity index (χ0n) is 13.2. The highest BCUT2D eigenvalue weighted by Crippen LogP contribution is 2.32. The summed E-state index contributed by atoms with van der Waals surface area (Å²) in [6.45, 7) is 2.11. The Labute approximate surface area is 137 Å². The second-order valence-corrected chi connectivity index (χ2v) is 5.64. The molecule has 4 atom stereocenters. The van der Waals surface area contributed by atoms with E-state index in [2.05, 4.69) is 15.0 Å². The number of unbranched alkanes of at least 4 members (excludes halogenated alkanes) is 1. The predicted molar refractivity (Wildman–Crippen MR) is 83.1 cm³/mol. The van der Waals surface area contributed by atoms with E-state index < -0.39 is 31.1 Å². The highest BCUT2D eigenvalue weighted by atomic mass is 16.6. The molecule has 0 aromatic carbocycles. The van der Waals surface area contributed by atoms with Gasteiger partial charge in [-0.3, -0.25) is 4.57 Å². The molecule has 10 heteroatoms. The van der Waals surface area contributed by atoms with Gasteiger partial charge in [0.1, 0.15) is 18.3 Å². The molecule has 4 unspecified atom stereocenters. The first-order valence-corrected chi connectivity index (χ1v) is 7.82. The number of nitrogen functional groups attached to an aromatic ring is 1. The van der Waals surface area contributed by atoms with E-state index >= 15 is 0 Å². The van der Waals surface area contributed by atoms with Gasteiger partial charge in [0, 0.05) is 0 Å². The fraction of sp³-hybridized carbons (Fsp3) is 0.643. The van der Waals surface area contributed by atoms with E-state index in [1.54, 1.807) is 0 Å². The van der Waals surface area contributed by atoms with Crippen molar-refractivity contribution in [1.29, 1.82) is 0 Å². The molecule has 0 radical (unpaired) electrons. The van der Waals surface area contributed by atoms with Gasteiger partial charge in [-0.15, -0.1) is 0 Å². The van der Waals surface area contributed by atoms with Gasteiger partial charge in [-0.1, -0.05) is 13.3 Å². The van der Waals surface area contributed by atoms with Gasteiger partial charge in [0.2, 0.25) is 11.8 Å². The van der Waals surface area contributed by atoms with Crippen LogP contribution in [0.15, 0.2) is 6.33 Å². The number of nitrogens with zero attached hydrogens (tertiary/aromatic N) is 4. The lowest BCUT2D eigenvalue weighted by molar-refractivity contribution is -0.0511. The minimum absolute atomic E-state index is 0.00231. The van der Waals surface area contributed by atoms with E-state index in [-0.39, 0.29) is 11.8 Å². The number of nitrogens with two attached hydrogens (primary N) is 1. The summed E-state index contributed by atoms with van der Waals surface area (Å²) in [5.74, 6) is 0.263. The van der Waals surface area contributed by atoms with Crippen LogP contribution in [0.5, 0.6) is 5.88 Å². The maximum absolute atomic E-state index is 10.2. The van der Waals surface area contributed by atoms with Gasteiger partial charge in [-0.2, -0.15) is 9.97 Å². The lowest BCUT2D eigenvalue weighted by Gasteiger charge is -2.16. The third kappa shape index (κ3) is 2.88. The smallest absolute Gasteiger partial charge is 0.247 e. The monoisotopic (exact) mass is 339 g/mol. The standard InChI is InChI=1S/C14H21N5O5/c1-2-3-4-23-12-8-11(17-14(15)18-12)19(6-16-8)13-10(22)9(21)7(5-20)24-13/h6-7,9-10,13,20-22H,2-5H2,1H3,(H2,15,17,18). The molecule has 1 aliphatic rings. The number of anilines is 1. The molecule has 0 bridgehead atoms. The fourth-order valence-electron chi connectivity index (χ4n) is 2.62. The first-order valence-electron chi connectivity index (χ1n) is 7.82. The zero-order valence-corrected chi connectivity index (χ0v) is 13.2. The predicted octanol–water partition coefficient (Wildman–Crippen LogP) is -0.801. The Morgan fingerprint density at radius 2 is 2.12 bits per heavy atom. The van der Waals surface area contributed by atoms with E-state index in [0.29, 0.717) is 17.8 Å². The molecule has 2 aromatic rings. The van der Waals surface area contributed by atoms with Gasteiger partial charge in [-0.25, -0.2) is 4.98 Å². The van der Waals surface area contributed by atoms with Crippen LogP contribution in [-0.2, 0) is 4.74 Å². The quantitative estimate of drug-likeness (QED) is 0.496. The number of ether oxygens (including phenoxy) is 2. The average molecular weight is 339 g/mol. The number of aliphatic hydroxyl groups is 3. The first-order chi connectivity index (χ1) is 11.6. The van der Waals surface area contributed by atoms with E-state index in [0.717, 1.165) is 12.8 Å². The molecule has 2 aromatic heterocycles. The molecule has 0 spiro atoms. The van der Waals surface area contributed by atoms with Gasteiger partial charge in [0.05, 0.1) is 19.5 Å². The van der Waals surface area contributed by atoms with Crippen molar-refractivity contribution in [3.63, 3.8) is 0 Å². The lowest BCUT2D eigenvalue weighted by atomic mass is 10.1. The van der Waals surface area contributed by atoms with Gasteiger partial charge in [0.25, 0.3) is 0 Å². The third-order valence-corrected chi connectivity index (χ3v) is 3.93. The molecule has 0 aliphatic carbocycles. The number of hydrogen-bond acceptors (Lipinski definition) is 9. The van der Waals surface area contributed by atoms with Crippen molar-refractivity contribution < 1.29 is 24.8 Å². The van der Waals surface area contributed by atoms with E-state index in [1.807, 2.05) is 6.92 Å². The summed E-state index contributed by atoms with van der Waals surface area (Å²) >= 11 is 0. The molecular formula is C14H21N5O5. The number of aromatic nitrogens is 4. The fourth-order valence-corrected chi connectivity index (χ4v) is 2.62. The van der Waals surface area contributed by atoms with Crippen LogP contribution in [0.2, 0.25) is 0 Å². The minimum Gasteiger partial charge on any atom is -0.476 e. The Morgan fingerprint density at radius 3 is 2.79 bits per heavy atom. The molecule has 1 fully saturated rings. The molecule has 3 rings (SSSR count). The normalized spacial score (nSPS) is 27.0. The van der Waals surface area contributed by atoms with Gasteiger partial charge in [-0.05, 0) is 6.42 Å². The van der Waals surface area contributed by atoms with Crippen molar-refractivity contribution in [2.75, 3.05) is 18.9 Å². The molecular weight excluding hydrogens is 318 g/mol. The zero-order chi connectivity index (χ0) is 17.3. The maximum Gasteiger partial charge on any atom is 0.247 e. The van der Waals surface area contributed by atoms with E-state index in [1.165, 1.54) is 10.9 Å². The van der Waals surface area contributed by atoms with E-state index in [9.17, 15) is 15.3 Å². The van der Waals surface area contributed by atoms with Crippen molar-refractivity contribution in [3.05, 3.63) is 6.33 Å². The van der Waals surface area contributed by atoms with Crippen LogP contribution in [0.1, 0.15) is 26.0 Å². The molecule has 132 valence electrons. The summed E-state index contributed by atoms with van der Waals surface area (Å²) in [4.78, 5) is 12.4. The van der Waals surface area contributed by atoms with Crippen LogP contribution >= 0.6 is 0 Å². The summed E-state index contributed by atoms with van der Waals surface area (Å²) in [6.07, 6.45) is -1.04. The molecule has 0 saturated carbocycles. The third-order valence-electron chi connectivity index (χ3n) is 3.93. The van der Waals surface area contributed by atoms with Crippen LogP contribution in [0.25, 0.3) is 11.2 Å². The summed E-state index contributed by atoms with van der Waals surface area (Å²) < 4.78 is 12.6. The number of fused-ring (bicyclic) bond motifs is 1. The summed E-state index contributed by atoms with van der Waals surface area (Å²) in [6, 6.07) is 0. The Balaban J connectivity index is 1.95. The molecule has 1 saturated heterocycles. The average Bonchev–Trinajstić information content (AvgIpc) is 3.10. The molecule has 1 aliphatic heterocycles. The molecule has 24 heavy (non-hydrogen) atoms. The van der Waals surface area contributed by atoms with Gasteiger partial charge >= 0.3 is 0 Å². The van der Waals surface area contributed by atoms with Crippen molar-refractivity contribution in [1.82, 2.24) is 19.5 Å². The number of imidazole rings is 1. The highest BCUT2D eigenvalue weighted by Gasteiger charge is 2.44. The van der Waals surface area contributed by atoms with Crippen LogP contribution in [-0.4, -0.2) is 66.4 Å². The summed E-state index contributed by atoms with van der Waals surface area (Å²) in [7, 11) is 0. The largest absolute Gasteiger partial charge is 0.476 e. The molecule has 3 heterocycles. The summed E-state index contributed by atoms with van der Waals surface area (Å²) in [5, 5.41) is 29.3. The minimum atomic E-state index is -1.24. The van der Waals surface area contributed by atoms with E-state index in [4.69, 9.17) is 15.2 Å². The van der Waals surface area contributed by atoms with Crippen LogP contribution in [0.4, 0.5) is 5.95 Å². The molecule has 0 amide bonds. The summed E-state index contributed by atoms with van der Waals surface area (Å²) in [5.41, 5.74) is 6.45. The van der Waals surface area contributed by atoms with Crippen LogP contribution in [0, 0.1) is 0 Å². The Bertz CT molecular complexity index is 708. The number of rotatable bonds is 6. The number of hydrogen-bond donors (Lipinski definition) is 4. The Morgan fingerprint density at radius 1 is 1.33 bits per heavy atom. The van der Waals surface area contributed by atoms with Gasteiger partial charge < -0.3 is 30.5 Å². The SMILES string of the molecule is CCCCOc1nc(N)nc2c1ncn2C1OC(CO)C(O)C1O. The Hall–Kier alpha value is -2.01. The number of aliphatic hydroxyl groups excluding tert-OH is 3. The molecule has 10 nitrogen and oxygen atoms in total. The topological polar surface area (TPSA) is 149 Å². The van der Waals surface area contributed by atoms with Crippen LogP contribution < -0.4 is 10.5 Å². The maximum atomic E-state index is 10.2.